The second kappa shape index (κ2) is 19.8. The maximum atomic E-state index is 10.9. The Hall–Kier alpha value is -1.89. The van der Waals surface area contributed by atoms with Crippen molar-refractivity contribution in [3.63, 3.8) is 0 Å². The van der Waals surface area contributed by atoms with E-state index in [2.05, 4.69) is 19.1 Å². The van der Waals surface area contributed by atoms with Crippen molar-refractivity contribution in [2.24, 2.45) is 0 Å². The van der Waals surface area contributed by atoms with Crippen LogP contribution in [0.4, 0.5) is 0 Å². The van der Waals surface area contributed by atoms with E-state index in [4.69, 9.17) is 15.3 Å². The van der Waals surface area contributed by atoms with Crippen LogP contribution in [0.25, 0.3) is 0 Å². The van der Waals surface area contributed by atoms with Crippen LogP contribution in [0, 0.1) is 0 Å². The molecule has 7 heteroatoms. The van der Waals surface area contributed by atoms with Crippen LogP contribution < -0.4 is 0 Å². The molecule has 186 valence electrons. The van der Waals surface area contributed by atoms with Crippen LogP contribution in [0.2, 0.25) is 0 Å². The molecule has 32 heavy (non-hydrogen) atoms. The number of carbonyl (C=O) groups is 3. The van der Waals surface area contributed by atoms with Crippen LogP contribution in [-0.4, -0.2) is 63.9 Å². The molecule has 0 aromatic carbocycles. The monoisotopic (exact) mass is 456 g/mol. The van der Waals surface area contributed by atoms with E-state index in [9.17, 15) is 14.4 Å². The summed E-state index contributed by atoms with van der Waals surface area (Å²) in [6.07, 6.45) is 16.2. The van der Waals surface area contributed by atoms with Gasteiger partial charge in [-0.3, -0.25) is 14.4 Å². The Kier molecular flexibility index (Phi) is 18.6. The van der Waals surface area contributed by atoms with Gasteiger partial charge in [0.2, 0.25) is 0 Å². The second-order valence-electron chi connectivity index (χ2n) is 8.90. The number of carboxylic acids is 3. The van der Waals surface area contributed by atoms with Gasteiger partial charge in [0.1, 0.15) is 0 Å². The molecule has 0 aromatic heterocycles. The van der Waals surface area contributed by atoms with Crippen LogP contribution in [0.3, 0.4) is 0 Å². The van der Waals surface area contributed by atoms with E-state index in [0.29, 0.717) is 19.3 Å². The molecule has 0 aliphatic rings. The highest BCUT2D eigenvalue weighted by Gasteiger charge is 2.26. The maximum Gasteiger partial charge on any atom is 0.303 e. The van der Waals surface area contributed by atoms with E-state index in [0.717, 1.165) is 69.2 Å². The van der Waals surface area contributed by atoms with Gasteiger partial charge >= 0.3 is 17.9 Å². The molecule has 0 unspecified atom stereocenters. The lowest BCUT2D eigenvalue weighted by atomic mass is 10.1. The van der Waals surface area contributed by atoms with Crippen LogP contribution in [0.15, 0.2) is 12.2 Å². The first-order valence-electron chi connectivity index (χ1n) is 12.5. The molecular weight excluding hydrogens is 410 g/mol. The summed E-state index contributed by atoms with van der Waals surface area (Å²) in [6, 6.07) is 0. The first kappa shape index (κ1) is 30.1. The predicted molar refractivity (Wildman–Crippen MR) is 127 cm³/mol. The normalized spacial score (nSPS) is 11.8. The van der Waals surface area contributed by atoms with Gasteiger partial charge in [-0.2, -0.15) is 0 Å². The lowest BCUT2D eigenvalue weighted by Gasteiger charge is -2.39. The highest BCUT2D eigenvalue weighted by Crippen LogP contribution is 2.18. The number of hydrogen-bond acceptors (Lipinski definition) is 3. The first-order chi connectivity index (χ1) is 15.3. The number of nitrogens with zero attached hydrogens (tertiary/aromatic N) is 1. The summed E-state index contributed by atoms with van der Waals surface area (Å²) in [6.45, 7) is 5.77. The number of quaternary nitrogens is 1. The highest BCUT2D eigenvalue weighted by molar-refractivity contribution is 5.67. The predicted octanol–water partition coefficient (Wildman–Crippen LogP) is 5.48. The Bertz CT molecular complexity index is 491. The molecule has 0 fully saturated rings. The average Bonchev–Trinajstić information content (AvgIpc) is 2.73. The molecule has 0 bridgehead atoms. The van der Waals surface area contributed by atoms with E-state index in [1.165, 1.54) is 19.3 Å². The fourth-order valence-electron chi connectivity index (χ4n) is 4.13. The molecular formula is C25H46NO6+. The van der Waals surface area contributed by atoms with Crippen LogP contribution in [0.5, 0.6) is 0 Å². The molecule has 3 N–H and O–H groups in total. The minimum Gasteiger partial charge on any atom is -0.481 e. The van der Waals surface area contributed by atoms with Crippen LogP contribution in [0.1, 0.15) is 103 Å². The van der Waals surface area contributed by atoms with Gasteiger partial charge in [0.25, 0.3) is 0 Å². The lowest BCUT2D eigenvalue weighted by Crippen LogP contribution is -2.50. The van der Waals surface area contributed by atoms with Gasteiger partial charge < -0.3 is 19.8 Å². The third-order valence-electron chi connectivity index (χ3n) is 5.96. The van der Waals surface area contributed by atoms with Crippen molar-refractivity contribution in [2.75, 3.05) is 26.2 Å². The SMILES string of the molecule is CCCCC/C=C/CCC[N+](CCCCC(=O)O)(CCCCC(=O)O)CCCCC(=O)O. The summed E-state index contributed by atoms with van der Waals surface area (Å²) < 4.78 is 0.836. The third kappa shape index (κ3) is 18.8. The Morgan fingerprint density at radius 3 is 1.31 bits per heavy atom. The van der Waals surface area contributed by atoms with Gasteiger partial charge in [0, 0.05) is 25.7 Å². The Morgan fingerprint density at radius 1 is 0.562 bits per heavy atom. The first-order valence-corrected chi connectivity index (χ1v) is 12.5. The largest absolute Gasteiger partial charge is 0.481 e. The number of allylic oxidation sites excluding steroid dienone is 2. The highest BCUT2D eigenvalue weighted by atomic mass is 16.4. The molecule has 0 spiro atoms. The Morgan fingerprint density at radius 2 is 0.938 bits per heavy atom. The quantitative estimate of drug-likeness (QED) is 0.107. The molecule has 0 atom stereocenters. The second-order valence-corrected chi connectivity index (χ2v) is 8.90. The average molecular weight is 457 g/mol. The molecule has 0 saturated carbocycles. The fraction of sp³-hybridized carbons (Fsp3) is 0.800. The van der Waals surface area contributed by atoms with Gasteiger partial charge in [-0.1, -0.05) is 31.9 Å². The van der Waals surface area contributed by atoms with Gasteiger partial charge in [-0.15, -0.1) is 0 Å². The van der Waals surface area contributed by atoms with Crippen molar-refractivity contribution < 1.29 is 34.2 Å². The van der Waals surface area contributed by atoms with Crippen molar-refractivity contribution in [1.29, 1.82) is 0 Å². The fourth-order valence-corrected chi connectivity index (χ4v) is 4.13. The standard InChI is InChI=1S/C25H45NO6/c1-2-3-4-5-6-7-8-12-19-26(20-13-9-16-23(27)28,21-14-10-17-24(29)30)22-15-11-18-25(31)32/h6-7H,2-5,8-22H2,1H3,(H2-,27,28,29,30,31,32)/p+1/b7-6+. The molecule has 0 aromatic rings. The van der Waals surface area contributed by atoms with E-state index in [-0.39, 0.29) is 19.3 Å². The molecule has 0 radical (unpaired) electrons. The number of aliphatic carboxylic acids is 3. The summed E-state index contributed by atoms with van der Waals surface area (Å²) in [7, 11) is 0. The zero-order chi connectivity index (χ0) is 24.1. The van der Waals surface area contributed by atoms with E-state index < -0.39 is 17.9 Å². The summed E-state index contributed by atoms with van der Waals surface area (Å²) >= 11 is 0. The summed E-state index contributed by atoms with van der Waals surface area (Å²) in [5.41, 5.74) is 0. The lowest BCUT2D eigenvalue weighted by molar-refractivity contribution is -0.929. The minimum atomic E-state index is -0.778. The molecule has 0 saturated heterocycles. The maximum absolute atomic E-state index is 10.9. The smallest absolute Gasteiger partial charge is 0.303 e. The Balaban J connectivity index is 4.92. The van der Waals surface area contributed by atoms with Crippen molar-refractivity contribution >= 4 is 17.9 Å². The van der Waals surface area contributed by atoms with Crippen LogP contribution >= 0.6 is 0 Å². The molecule has 0 rings (SSSR count). The van der Waals surface area contributed by atoms with E-state index >= 15 is 0 Å². The molecule has 0 aliphatic carbocycles. The number of rotatable bonds is 23. The van der Waals surface area contributed by atoms with E-state index in [1.807, 2.05) is 0 Å². The third-order valence-corrected chi connectivity index (χ3v) is 5.96. The van der Waals surface area contributed by atoms with Gasteiger partial charge in [0.15, 0.2) is 0 Å². The van der Waals surface area contributed by atoms with Crippen molar-refractivity contribution in [3.8, 4) is 0 Å². The van der Waals surface area contributed by atoms with Crippen molar-refractivity contribution in [1.82, 2.24) is 0 Å². The molecule has 0 aliphatic heterocycles. The van der Waals surface area contributed by atoms with E-state index in [1.54, 1.807) is 0 Å². The molecule has 7 nitrogen and oxygen atoms in total. The zero-order valence-electron chi connectivity index (χ0n) is 20.1. The summed E-state index contributed by atoms with van der Waals surface area (Å²) in [5.74, 6) is -2.34. The van der Waals surface area contributed by atoms with Crippen molar-refractivity contribution in [3.05, 3.63) is 12.2 Å². The topological polar surface area (TPSA) is 112 Å². The van der Waals surface area contributed by atoms with Crippen molar-refractivity contribution in [2.45, 2.75) is 103 Å². The Labute approximate surface area is 194 Å². The van der Waals surface area contributed by atoms with Gasteiger partial charge in [-0.05, 0) is 57.8 Å². The number of unbranched alkanes of at least 4 members (excludes halogenated alkanes) is 7. The summed E-state index contributed by atoms with van der Waals surface area (Å²) in [4.78, 5) is 32.7. The van der Waals surface area contributed by atoms with Gasteiger partial charge in [-0.25, -0.2) is 0 Å². The van der Waals surface area contributed by atoms with Gasteiger partial charge in [0.05, 0.1) is 26.2 Å². The molecule has 0 amide bonds. The van der Waals surface area contributed by atoms with Crippen LogP contribution in [-0.2, 0) is 14.4 Å². The molecule has 0 heterocycles. The number of carboxylic acid groups (broad SMARTS) is 3. The minimum absolute atomic E-state index is 0.165. The number of hydrogen-bond donors (Lipinski definition) is 3. The summed E-state index contributed by atoms with van der Waals surface area (Å²) in [5, 5.41) is 26.8. The zero-order valence-corrected chi connectivity index (χ0v) is 20.1.